The minimum Gasteiger partial charge on any atom is -0.495 e. The Balaban J connectivity index is 1.99. The van der Waals surface area contributed by atoms with Crippen molar-refractivity contribution in [1.82, 2.24) is 14.3 Å². The smallest absolute Gasteiger partial charge is 0.348 e. The van der Waals surface area contributed by atoms with Gasteiger partial charge in [-0.3, -0.25) is 0 Å². The number of fused-ring (bicyclic) bond motifs is 1. The summed E-state index contributed by atoms with van der Waals surface area (Å²) in [6, 6.07) is 4.66. The van der Waals surface area contributed by atoms with Gasteiger partial charge < -0.3 is 14.8 Å². The maximum atomic E-state index is 12.9. The van der Waals surface area contributed by atoms with Crippen LogP contribution in [-0.2, 0) is 14.8 Å². The molecule has 9 nitrogen and oxygen atoms in total. The SMILES string of the molecule is CCN(CC)S(=O)(=O)c1ccc(Nc2ncnc3sc(C(=O)OCC(C)C)c(C)c23)c(OC)c1. The minimum absolute atomic E-state index is 0.147. The summed E-state index contributed by atoms with van der Waals surface area (Å²) in [6.07, 6.45) is 1.41. The van der Waals surface area contributed by atoms with Gasteiger partial charge >= 0.3 is 5.97 Å². The molecule has 0 saturated carbocycles. The van der Waals surface area contributed by atoms with Crippen LogP contribution in [-0.4, -0.2) is 55.5 Å². The van der Waals surface area contributed by atoms with Gasteiger partial charge in [-0.05, 0) is 30.5 Å². The summed E-state index contributed by atoms with van der Waals surface area (Å²) in [6.45, 7) is 10.5. The van der Waals surface area contributed by atoms with Crippen LogP contribution in [0.5, 0.6) is 5.75 Å². The molecule has 1 aromatic carbocycles. The fourth-order valence-electron chi connectivity index (χ4n) is 3.44. The molecule has 2 aromatic heterocycles. The van der Waals surface area contributed by atoms with Crippen molar-refractivity contribution < 1.29 is 22.7 Å². The molecule has 34 heavy (non-hydrogen) atoms. The molecule has 0 radical (unpaired) electrons. The number of hydrogen-bond acceptors (Lipinski definition) is 9. The first-order valence-electron chi connectivity index (χ1n) is 11.0. The third-order valence-corrected chi connectivity index (χ3v) is 8.45. The molecule has 0 unspecified atom stereocenters. The summed E-state index contributed by atoms with van der Waals surface area (Å²) in [5.41, 5.74) is 1.26. The number of sulfonamides is 1. The van der Waals surface area contributed by atoms with Gasteiger partial charge in [-0.1, -0.05) is 27.7 Å². The predicted octanol–water partition coefficient (Wildman–Crippen LogP) is 4.60. The summed E-state index contributed by atoms with van der Waals surface area (Å²) < 4.78 is 38.1. The van der Waals surface area contributed by atoms with Crippen molar-refractivity contribution in [1.29, 1.82) is 0 Å². The largest absolute Gasteiger partial charge is 0.495 e. The second-order valence-electron chi connectivity index (χ2n) is 8.03. The van der Waals surface area contributed by atoms with Crippen LogP contribution in [0.1, 0.15) is 42.9 Å². The lowest BCUT2D eigenvalue weighted by Gasteiger charge is -2.19. The van der Waals surface area contributed by atoms with Gasteiger partial charge in [0.05, 0.1) is 29.7 Å². The van der Waals surface area contributed by atoms with E-state index in [-0.39, 0.29) is 16.8 Å². The quantitative estimate of drug-likeness (QED) is 0.397. The zero-order chi connectivity index (χ0) is 25.0. The van der Waals surface area contributed by atoms with E-state index in [1.807, 2.05) is 20.8 Å². The molecule has 11 heteroatoms. The molecule has 0 spiro atoms. The Morgan fingerprint density at radius 3 is 2.53 bits per heavy atom. The van der Waals surface area contributed by atoms with E-state index < -0.39 is 10.0 Å². The fourth-order valence-corrected chi connectivity index (χ4v) is 5.96. The number of hydrogen-bond donors (Lipinski definition) is 1. The summed E-state index contributed by atoms with van der Waals surface area (Å²) >= 11 is 1.25. The Morgan fingerprint density at radius 2 is 1.91 bits per heavy atom. The Labute approximate surface area is 204 Å². The monoisotopic (exact) mass is 506 g/mol. The number of benzene rings is 1. The Hall–Kier alpha value is -2.76. The van der Waals surface area contributed by atoms with E-state index in [0.717, 1.165) is 5.56 Å². The summed E-state index contributed by atoms with van der Waals surface area (Å²) in [4.78, 5) is 22.5. The molecule has 3 rings (SSSR count). The van der Waals surface area contributed by atoms with E-state index in [9.17, 15) is 13.2 Å². The molecule has 0 amide bonds. The maximum absolute atomic E-state index is 12.9. The number of thiophene rings is 1. The predicted molar refractivity (Wildman–Crippen MR) is 134 cm³/mol. The fraction of sp³-hybridized carbons (Fsp3) is 0.435. The van der Waals surface area contributed by atoms with Crippen LogP contribution in [0.15, 0.2) is 29.4 Å². The van der Waals surface area contributed by atoms with Crippen LogP contribution in [0.4, 0.5) is 11.5 Å². The molecule has 0 bridgehead atoms. The molecule has 3 aromatic rings. The summed E-state index contributed by atoms with van der Waals surface area (Å²) in [7, 11) is -2.16. The highest BCUT2D eigenvalue weighted by Gasteiger charge is 2.24. The molecule has 2 heterocycles. The van der Waals surface area contributed by atoms with E-state index >= 15 is 0 Å². The van der Waals surface area contributed by atoms with Gasteiger partial charge in [-0.2, -0.15) is 4.31 Å². The second-order valence-corrected chi connectivity index (χ2v) is 11.0. The first-order valence-corrected chi connectivity index (χ1v) is 13.3. The van der Waals surface area contributed by atoms with Gasteiger partial charge in [0, 0.05) is 19.2 Å². The normalized spacial score (nSPS) is 11.9. The van der Waals surface area contributed by atoms with E-state index in [2.05, 4.69) is 15.3 Å². The number of anilines is 2. The van der Waals surface area contributed by atoms with E-state index in [1.54, 1.807) is 19.9 Å². The highest BCUT2D eigenvalue weighted by molar-refractivity contribution is 7.89. The molecule has 0 saturated heterocycles. The molecular weight excluding hydrogens is 476 g/mol. The van der Waals surface area contributed by atoms with Crippen molar-refractivity contribution in [2.45, 2.75) is 39.5 Å². The maximum Gasteiger partial charge on any atom is 0.348 e. The molecule has 0 aliphatic carbocycles. The van der Waals surface area contributed by atoms with Crippen LogP contribution < -0.4 is 10.1 Å². The van der Waals surface area contributed by atoms with Crippen LogP contribution in [0.3, 0.4) is 0 Å². The van der Waals surface area contributed by atoms with Crippen molar-refractivity contribution in [2.75, 3.05) is 32.1 Å². The highest BCUT2D eigenvalue weighted by Crippen LogP contribution is 2.37. The zero-order valence-electron chi connectivity index (χ0n) is 20.2. The molecule has 184 valence electrons. The van der Waals surface area contributed by atoms with E-state index in [0.29, 0.717) is 52.0 Å². The first-order chi connectivity index (χ1) is 16.1. The number of nitrogens with zero attached hydrogens (tertiary/aromatic N) is 3. The van der Waals surface area contributed by atoms with Gasteiger partial charge in [0.25, 0.3) is 0 Å². The average Bonchev–Trinajstić information content (AvgIpc) is 3.15. The van der Waals surface area contributed by atoms with Crippen LogP contribution in [0.25, 0.3) is 10.2 Å². The minimum atomic E-state index is -3.63. The lowest BCUT2D eigenvalue weighted by atomic mass is 10.2. The Kier molecular flexibility index (Phi) is 8.11. The number of carbonyl (C=O) groups excluding carboxylic acids is 1. The first kappa shape index (κ1) is 25.9. The number of rotatable bonds is 10. The van der Waals surface area contributed by atoms with Gasteiger partial charge in [0.15, 0.2) is 0 Å². The van der Waals surface area contributed by atoms with Gasteiger partial charge in [0.1, 0.15) is 27.6 Å². The van der Waals surface area contributed by atoms with E-state index in [1.165, 1.54) is 41.2 Å². The molecule has 0 aliphatic heterocycles. The highest BCUT2D eigenvalue weighted by atomic mass is 32.2. The van der Waals surface area contributed by atoms with Crippen LogP contribution in [0.2, 0.25) is 0 Å². The van der Waals surface area contributed by atoms with Crippen LogP contribution >= 0.6 is 11.3 Å². The molecule has 1 N–H and O–H groups in total. The van der Waals surface area contributed by atoms with Crippen molar-refractivity contribution in [3.8, 4) is 5.75 Å². The number of methoxy groups -OCH3 is 1. The average molecular weight is 507 g/mol. The van der Waals surface area contributed by atoms with Crippen molar-refractivity contribution >= 4 is 49.1 Å². The third-order valence-electron chi connectivity index (χ3n) is 5.23. The Bertz CT molecular complexity index is 1280. The standard InChI is InChI=1S/C23H30N4O5S2/c1-7-27(8-2)34(29,30)16-9-10-17(18(11-16)31-6)26-21-19-15(5)20(23(28)32-12-14(3)4)33-22(19)25-13-24-21/h9-11,13-14H,7-8,12H2,1-6H3,(H,24,25,26). The topological polar surface area (TPSA) is 111 Å². The Morgan fingerprint density at radius 1 is 1.21 bits per heavy atom. The lowest BCUT2D eigenvalue weighted by Crippen LogP contribution is -2.30. The zero-order valence-corrected chi connectivity index (χ0v) is 21.8. The van der Waals surface area contributed by atoms with Gasteiger partial charge in [0.2, 0.25) is 10.0 Å². The molecule has 0 atom stereocenters. The number of nitrogens with one attached hydrogen (secondary N) is 1. The van der Waals surface area contributed by atoms with Crippen molar-refractivity contribution in [3.05, 3.63) is 35.0 Å². The number of aromatic nitrogens is 2. The second kappa shape index (κ2) is 10.7. The summed E-state index contributed by atoms with van der Waals surface area (Å²) in [5, 5.41) is 3.92. The molecule has 0 fully saturated rings. The lowest BCUT2D eigenvalue weighted by molar-refractivity contribution is 0.0464. The number of aryl methyl sites for hydroxylation is 1. The number of esters is 1. The number of carbonyl (C=O) groups is 1. The van der Waals surface area contributed by atoms with Crippen LogP contribution in [0, 0.1) is 12.8 Å². The third kappa shape index (κ3) is 5.16. The summed E-state index contributed by atoms with van der Waals surface area (Å²) in [5.74, 6) is 0.684. The van der Waals surface area contributed by atoms with Gasteiger partial charge in [-0.15, -0.1) is 11.3 Å². The van der Waals surface area contributed by atoms with E-state index in [4.69, 9.17) is 9.47 Å². The molecule has 0 aliphatic rings. The number of ether oxygens (including phenoxy) is 2. The van der Waals surface area contributed by atoms with Crippen molar-refractivity contribution in [3.63, 3.8) is 0 Å². The van der Waals surface area contributed by atoms with Gasteiger partial charge in [-0.25, -0.2) is 23.2 Å². The van der Waals surface area contributed by atoms with Crippen molar-refractivity contribution in [2.24, 2.45) is 5.92 Å². The molecular formula is C23H30N4O5S2.